The first-order valence-corrected chi connectivity index (χ1v) is 13.5. The van der Waals surface area contributed by atoms with E-state index in [1.54, 1.807) is 24.7 Å². The molecule has 1 aliphatic rings. The van der Waals surface area contributed by atoms with Gasteiger partial charge in [-0.2, -0.15) is 9.61 Å². The fourth-order valence-electron chi connectivity index (χ4n) is 5.01. The zero-order valence-corrected chi connectivity index (χ0v) is 20.6. The second kappa shape index (κ2) is 9.21. The number of sulfone groups is 1. The standard InChI is InChI=1S/C25H26F2N6O2S/c1-14-7-15(9-16(28)8-14)19-5-6-29-13-23(19)31-25-30-12-17-3-4-22(32-33(17)25)24-20(26)10-18(11-21(24)27)36(2,34)35/h3-6,10-16H,7-9,28H2,1-2H3,(H,30,31)/t14-,15+,16?/m0/s1. The third kappa shape index (κ3) is 4.68. The normalized spacial score (nSPS) is 20.5. The number of anilines is 2. The molecule has 1 saturated carbocycles. The maximum absolute atomic E-state index is 14.8. The number of nitrogens with two attached hydrogens (primary N) is 1. The van der Waals surface area contributed by atoms with Gasteiger partial charge in [0.15, 0.2) is 9.84 Å². The number of halogens is 2. The molecule has 188 valence electrons. The second-order valence-electron chi connectivity index (χ2n) is 9.53. The lowest BCUT2D eigenvalue weighted by atomic mass is 9.76. The largest absolute Gasteiger partial charge is 0.328 e. The van der Waals surface area contributed by atoms with E-state index in [2.05, 4.69) is 27.3 Å². The number of nitrogens with one attached hydrogen (secondary N) is 1. The van der Waals surface area contributed by atoms with Crippen LogP contribution < -0.4 is 11.1 Å². The lowest BCUT2D eigenvalue weighted by Gasteiger charge is -2.32. The van der Waals surface area contributed by atoms with Gasteiger partial charge in [0.2, 0.25) is 5.95 Å². The maximum atomic E-state index is 14.8. The fourth-order valence-corrected chi connectivity index (χ4v) is 5.64. The quantitative estimate of drug-likeness (QED) is 0.406. The molecular formula is C25H26F2N6O2S. The number of nitrogens with zero attached hydrogens (tertiary/aromatic N) is 4. The van der Waals surface area contributed by atoms with E-state index < -0.39 is 31.9 Å². The van der Waals surface area contributed by atoms with Crippen molar-refractivity contribution >= 4 is 27.0 Å². The van der Waals surface area contributed by atoms with Crippen molar-refractivity contribution in [3.8, 4) is 11.3 Å². The minimum Gasteiger partial charge on any atom is -0.328 e. The summed E-state index contributed by atoms with van der Waals surface area (Å²) in [4.78, 5) is 8.22. The summed E-state index contributed by atoms with van der Waals surface area (Å²) in [5.74, 6) is -0.915. The lowest BCUT2D eigenvalue weighted by molar-refractivity contribution is 0.308. The Hall–Kier alpha value is -3.44. The van der Waals surface area contributed by atoms with Crippen LogP contribution in [0.5, 0.6) is 0 Å². The number of hydrogen-bond acceptors (Lipinski definition) is 7. The zero-order valence-electron chi connectivity index (χ0n) is 19.8. The van der Waals surface area contributed by atoms with Crippen molar-refractivity contribution in [2.75, 3.05) is 11.6 Å². The monoisotopic (exact) mass is 512 g/mol. The van der Waals surface area contributed by atoms with E-state index in [1.807, 2.05) is 6.07 Å². The first-order valence-electron chi connectivity index (χ1n) is 11.6. The minimum atomic E-state index is -3.77. The molecule has 8 nitrogen and oxygen atoms in total. The first-order chi connectivity index (χ1) is 17.1. The second-order valence-corrected chi connectivity index (χ2v) is 11.5. The van der Waals surface area contributed by atoms with Gasteiger partial charge in [-0.05, 0) is 67.0 Å². The van der Waals surface area contributed by atoms with Crippen LogP contribution in [0.25, 0.3) is 16.8 Å². The fraction of sp³-hybridized carbons (Fsp3) is 0.320. The minimum absolute atomic E-state index is 0.00269. The summed E-state index contributed by atoms with van der Waals surface area (Å²) < 4.78 is 54.6. The van der Waals surface area contributed by atoms with Gasteiger partial charge in [0.05, 0.1) is 39.8 Å². The Morgan fingerprint density at radius 2 is 1.83 bits per heavy atom. The molecule has 4 aromatic rings. The van der Waals surface area contributed by atoms with E-state index in [4.69, 9.17) is 5.73 Å². The van der Waals surface area contributed by atoms with Crippen LogP contribution >= 0.6 is 0 Å². The Kier molecular flexibility index (Phi) is 6.21. The molecule has 1 aliphatic carbocycles. The number of fused-ring (bicyclic) bond motifs is 1. The van der Waals surface area contributed by atoms with Gasteiger partial charge in [-0.1, -0.05) is 6.92 Å². The van der Waals surface area contributed by atoms with Gasteiger partial charge in [-0.3, -0.25) is 4.98 Å². The van der Waals surface area contributed by atoms with Crippen molar-refractivity contribution in [2.24, 2.45) is 11.7 Å². The Balaban J connectivity index is 1.52. The lowest BCUT2D eigenvalue weighted by Crippen LogP contribution is -2.31. The van der Waals surface area contributed by atoms with Crippen LogP contribution in [-0.4, -0.2) is 40.3 Å². The van der Waals surface area contributed by atoms with Crippen LogP contribution in [0, 0.1) is 17.6 Å². The topological polar surface area (TPSA) is 115 Å². The van der Waals surface area contributed by atoms with E-state index in [0.717, 1.165) is 48.9 Å². The Bertz CT molecular complexity index is 1520. The molecule has 3 atom stereocenters. The van der Waals surface area contributed by atoms with Gasteiger partial charge in [0, 0.05) is 18.5 Å². The summed E-state index contributed by atoms with van der Waals surface area (Å²) in [6.45, 7) is 2.20. The SMILES string of the molecule is C[C@@H]1CC(N)C[C@H](c2ccncc2Nc2ncc3ccc(-c4c(F)cc(S(C)(=O)=O)cc4F)nn23)C1. The number of rotatable bonds is 5. The number of aromatic nitrogens is 4. The molecule has 0 aliphatic heterocycles. The van der Waals surface area contributed by atoms with Crippen molar-refractivity contribution in [2.45, 2.75) is 43.0 Å². The number of hydrogen-bond donors (Lipinski definition) is 2. The van der Waals surface area contributed by atoms with Gasteiger partial charge < -0.3 is 11.1 Å². The van der Waals surface area contributed by atoms with Crippen molar-refractivity contribution in [1.82, 2.24) is 19.6 Å². The summed E-state index contributed by atoms with van der Waals surface area (Å²) in [6, 6.07) is 6.80. The molecule has 0 amide bonds. The van der Waals surface area contributed by atoms with Crippen LogP contribution in [0.3, 0.4) is 0 Å². The molecule has 0 spiro atoms. The van der Waals surface area contributed by atoms with Gasteiger partial charge in [0.25, 0.3) is 0 Å². The maximum Gasteiger partial charge on any atom is 0.229 e. The summed E-state index contributed by atoms with van der Waals surface area (Å²) >= 11 is 0. The zero-order chi connectivity index (χ0) is 25.6. The van der Waals surface area contributed by atoms with E-state index in [9.17, 15) is 17.2 Å². The Morgan fingerprint density at radius 1 is 1.08 bits per heavy atom. The van der Waals surface area contributed by atoms with E-state index >= 15 is 0 Å². The number of benzene rings is 1. The highest BCUT2D eigenvalue weighted by Crippen LogP contribution is 2.39. The van der Waals surface area contributed by atoms with E-state index in [-0.39, 0.29) is 17.7 Å². The summed E-state index contributed by atoms with van der Waals surface area (Å²) in [6.07, 6.45) is 8.83. The van der Waals surface area contributed by atoms with Gasteiger partial charge in [0.1, 0.15) is 11.6 Å². The van der Waals surface area contributed by atoms with Gasteiger partial charge in [-0.15, -0.1) is 0 Å². The van der Waals surface area contributed by atoms with Gasteiger partial charge >= 0.3 is 0 Å². The third-order valence-corrected chi connectivity index (χ3v) is 7.70. The predicted octanol–water partition coefficient (Wildman–Crippen LogP) is 4.45. The molecular weight excluding hydrogens is 486 g/mol. The summed E-state index contributed by atoms with van der Waals surface area (Å²) in [5, 5.41) is 7.68. The van der Waals surface area contributed by atoms with Crippen molar-refractivity contribution in [3.63, 3.8) is 0 Å². The molecule has 0 radical (unpaired) electrons. The number of pyridine rings is 1. The van der Waals surface area contributed by atoms with E-state index in [0.29, 0.717) is 17.4 Å². The van der Waals surface area contributed by atoms with Crippen LogP contribution in [0.2, 0.25) is 0 Å². The molecule has 5 rings (SSSR count). The molecule has 36 heavy (non-hydrogen) atoms. The average molecular weight is 513 g/mol. The Labute approximate surface area is 207 Å². The molecule has 11 heteroatoms. The number of imidazole rings is 1. The van der Waals surface area contributed by atoms with Crippen molar-refractivity contribution in [1.29, 1.82) is 0 Å². The molecule has 1 aromatic carbocycles. The highest BCUT2D eigenvalue weighted by molar-refractivity contribution is 7.90. The van der Waals surface area contributed by atoms with Crippen molar-refractivity contribution < 1.29 is 17.2 Å². The molecule has 3 N–H and O–H groups in total. The molecule has 0 saturated heterocycles. The summed E-state index contributed by atoms with van der Waals surface area (Å²) in [7, 11) is -3.77. The molecule has 3 aromatic heterocycles. The molecule has 1 unspecified atom stereocenters. The van der Waals surface area contributed by atoms with Crippen LogP contribution in [-0.2, 0) is 9.84 Å². The van der Waals surface area contributed by atoms with Crippen LogP contribution in [0.4, 0.5) is 20.4 Å². The molecule has 1 fully saturated rings. The predicted molar refractivity (Wildman–Crippen MR) is 133 cm³/mol. The van der Waals surface area contributed by atoms with E-state index in [1.165, 1.54) is 10.6 Å². The van der Waals surface area contributed by atoms with Crippen molar-refractivity contribution in [3.05, 3.63) is 66.1 Å². The van der Waals surface area contributed by atoms with Crippen LogP contribution in [0.1, 0.15) is 37.7 Å². The smallest absolute Gasteiger partial charge is 0.229 e. The Morgan fingerprint density at radius 3 is 2.53 bits per heavy atom. The average Bonchev–Trinajstić information content (AvgIpc) is 3.20. The molecule has 3 heterocycles. The highest BCUT2D eigenvalue weighted by Gasteiger charge is 2.27. The highest BCUT2D eigenvalue weighted by atomic mass is 32.2. The third-order valence-electron chi connectivity index (χ3n) is 6.60. The summed E-state index contributed by atoms with van der Waals surface area (Å²) in [5.41, 5.74) is 8.31. The molecule has 0 bridgehead atoms. The van der Waals surface area contributed by atoms with Gasteiger partial charge in [-0.25, -0.2) is 22.2 Å². The first kappa shape index (κ1) is 24.3. The van der Waals surface area contributed by atoms with Crippen LogP contribution in [0.15, 0.2) is 53.8 Å².